The second kappa shape index (κ2) is 10.7. The minimum atomic E-state index is 0.519. The van der Waals surface area contributed by atoms with E-state index in [1.165, 1.54) is 50.2 Å². The average molecular weight is 351 g/mol. The molecule has 0 aromatic carbocycles. The molecule has 4 nitrogen and oxygen atoms in total. The maximum absolute atomic E-state index is 4.32. The predicted octanol–water partition coefficient (Wildman–Crippen LogP) is 3.53. The summed E-state index contributed by atoms with van der Waals surface area (Å²) in [5.74, 6) is 2.36. The Labute approximate surface area is 151 Å². The van der Waals surface area contributed by atoms with Crippen molar-refractivity contribution in [2.24, 2.45) is 10.9 Å². The lowest BCUT2D eigenvalue weighted by Crippen LogP contribution is -2.39. The molecule has 5 heteroatoms. The molecule has 1 aromatic rings. The molecule has 1 fully saturated rings. The Morgan fingerprint density at radius 3 is 2.79 bits per heavy atom. The minimum Gasteiger partial charge on any atom is -0.356 e. The van der Waals surface area contributed by atoms with Crippen LogP contribution in [0.2, 0.25) is 0 Å². The van der Waals surface area contributed by atoms with E-state index in [4.69, 9.17) is 0 Å². The lowest BCUT2D eigenvalue weighted by molar-refractivity contribution is 0.189. The van der Waals surface area contributed by atoms with Crippen LogP contribution in [0.15, 0.2) is 22.5 Å². The Balaban J connectivity index is 1.53. The molecule has 1 aliphatic rings. The van der Waals surface area contributed by atoms with Crippen molar-refractivity contribution >= 4 is 17.3 Å². The summed E-state index contributed by atoms with van der Waals surface area (Å²) >= 11 is 1.82. The van der Waals surface area contributed by atoms with Gasteiger partial charge >= 0.3 is 0 Å². The predicted molar refractivity (Wildman–Crippen MR) is 106 cm³/mol. The molecule has 0 radical (unpaired) electrons. The molecule has 1 aliphatic heterocycles. The lowest BCUT2D eigenvalue weighted by Gasteiger charge is -2.30. The van der Waals surface area contributed by atoms with Crippen LogP contribution in [0.4, 0.5) is 0 Å². The third-order valence-electron chi connectivity index (χ3n) is 4.90. The van der Waals surface area contributed by atoms with Gasteiger partial charge in [0.25, 0.3) is 0 Å². The average Bonchev–Trinajstić information content (AvgIpc) is 3.13. The summed E-state index contributed by atoms with van der Waals surface area (Å²) in [5, 5.41) is 9.02. The number of piperidine rings is 1. The van der Waals surface area contributed by atoms with Gasteiger partial charge in [-0.25, -0.2) is 0 Å². The summed E-state index contributed by atoms with van der Waals surface area (Å²) in [4.78, 5) is 8.37. The lowest BCUT2D eigenvalue weighted by atomic mass is 9.99. The molecule has 2 N–H and O–H groups in total. The molecular formula is C19H34N4S. The number of guanidine groups is 1. The fraction of sp³-hybridized carbons (Fsp3) is 0.737. The van der Waals surface area contributed by atoms with Gasteiger partial charge in [0.1, 0.15) is 0 Å². The van der Waals surface area contributed by atoms with Gasteiger partial charge in [0.2, 0.25) is 0 Å². The van der Waals surface area contributed by atoms with Crippen molar-refractivity contribution in [3.05, 3.63) is 22.4 Å². The summed E-state index contributed by atoms with van der Waals surface area (Å²) in [6.45, 7) is 10.4. The van der Waals surface area contributed by atoms with Crippen LogP contribution in [0.3, 0.4) is 0 Å². The molecule has 0 bridgehead atoms. The Morgan fingerprint density at radius 2 is 2.12 bits per heavy atom. The van der Waals surface area contributed by atoms with Crippen LogP contribution < -0.4 is 10.6 Å². The van der Waals surface area contributed by atoms with Gasteiger partial charge in [0, 0.05) is 30.9 Å². The van der Waals surface area contributed by atoms with Crippen LogP contribution in [0.25, 0.3) is 0 Å². The summed E-state index contributed by atoms with van der Waals surface area (Å²) < 4.78 is 0. The van der Waals surface area contributed by atoms with Crippen molar-refractivity contribution in [1.82, 2.24) is 15.5 Å². The van der Waals surface area contributed by atoms with Crippen molar-refractivity contribution in [3.8, 4) is 0 Å². The van der Waals surface area contributed by atoms with Gasteiger partial charge in [-0.2, -0.15) is 0 Å². The summed E-state index contributed by atoms with van der Waals surface area (Å²) in [7, 11) is 1.85. The van der Waals surface area contributed by atoms with Crippen molar-refractivity contribution in [1.29, 1.82) is 0 Å². The standard InChI is InChI=1S/C19H34N4S/c1-16-8-12-23(13-9-16)11-5-4-10-21-19(20-3)22-15-17(2)18-7-6-14-24-18/h6-7,14,16-17H,4-5,8-13,15H2,1-3H3,(H2,20,21,22). The second-order valence-corrected chi connectivity index (χ2v) is 8.01. The van der Waals surface area contributed by atoms with E-state index in [2.05, 4.69) is 51.9 Å². The second-order valence-electron chi connectivity index (χ2n) is 7.03. The molecular weight excluding hydrogens is 316 g/mol. The summed E-state index contributed by atoms with van der Waals surface area (Å²) in [5.41, 5.74) is 0. The summed E-state index contributed by atoms with van der Waals surface area (Å²) in [6, 6.07) is 4.32. The van der Waals surface area contributed by atoms with Gasteiger partial charge in [-0.1, -0.05) is 19.9 Å². The molecule has 0 aliphatic carbocycles. The topological polar surface area (TPSA) is 39.7 Å². The van der Waals surface area contributed by atoms with Crippen LogP contribution >= 0.6 is 11.3 Å². The zero-order valence-electron chi connectivity index (χ0n) is 15.6. The fourth-order valence-corrected chi connectivity index (χ4v) is 3.88. The van der Waals surface area contributed by atoms with E-state index < -0.39 is 0 Å². The highest BCUT2D eigenvalue weighted by molar-refractivity contribution is 7.10. The molecule has 24 heavy (non-hydrogen) atoms. The number of aliphatic imine (C=N–C) groups is 1. The zero-order chi connectivity index (χ0) is 17.2. The number of nitrogens with zero attached hydrogens (tertiary/aromatic N) is 2. The number of hydrogen-bond acceptors (Lipinski definition) is 3. The highest BCUT2D eigenvalue weighted by atomic mass is 32.1. The van der Waals surface area contributed by atoms with E-state index >= 15 is 0 Å². The molecule has 0 spiro atoms. The van der Waals surface area contributed by atoms with E-state index in [0.29, 0.717) is 5.92 Å². The molecule has 1 unspecified atom stereocenters. The molecule has 2 rings (SSSR count). The minimum absolute atomic E-state index is 0.519. The van der Waals surface area contributed by atoms with Gasteiger partial charge in [0.15, 0.2) is 5.96 Å². The highest BCUT2D eigenvalue weighted by Gasteiger charge is 2.14. The normalized spacial score (nSPS) is 18.5. The number of nitrogens with one attached hydrogen (secondary N) is 2. The maximum atomic E-state index is 4.32. The zero-order valence-corrected chi connectivity index (χ0v) is 16.4. The van der Waals surface area contributed by atoms with Crippen LogP contribution in [-0.4, -0.2) is 50.6 Å². The number of hydrogen-bond donors (Lipinski definition) is 2. The monoisotopic (exact) mass is 350 g/mol. The fourth-order valence-electron chi connectivity index (χ4n) is 3.10. The van der Waals surface area contributed by atoms with Crippen molar-refractivity contribution in [3.63, 3.8) is 0 Å². The Morgan fingerprint density at radius 1 is 1.33 bits per heavy atom. The molecule has 1 aromatic heterocycles. The Bertz CT molecular complexity index is 464. The molecule has 2 heterocycles. The number of thiophene rings is 1. The highest BCUT2D eigenvalue weighted by Crippen LogP contribution is 2.19. The number of rotatable bonds is 8. The largest absolute Gasteiger partial charge is 0.356 e. The first kappa shape index (κ1) is 19.3. The van der Waals surface area contributed by atoms with Crippen LogP contribution in [0.1, 0.15) is 50.3 Å². The van der Waals surface area contributed by atoms with E-state index in [-0.39, 0.29) is 0 Å². The third kappa shape index (κ3) is 6.81. The van der Waals surface area contributed by atoms with Crippen LogP contribution in [0, 0.1) is 5.92 Å². The quantitative estimate of drug-likeness (QED) is 0.428. The molecule has 1 atom stereocenters. The van der Waals surface area contributed by atoms with Gasteiger partial charge in [0.05, 0.1) is 0 Å². The summed E-state index contributed by atoms with van der Waals surface area (Å²) in [6.07, 6.45) is 5.21. The smallest absolute Gasteiger partial charge is 0.190 e. The number of likely N-dealkylation sites (tertiary alicyclic amines) is 1. The third-order valence-corrected chi connectivity index (χ3v) is 6.00. The maximum Gasteiger partial charge on any atom is 0.190 e. The molecule has 1 saturated heterocycles. The van der Waals surface area contributed by atoms with E-state index in [1.807, 2.05) is 18.4 Å². The first-order chi connectivity index (χ1) is 11.7. The van der Waals surface area contributed by atoms with E-state index in [9.17, 15) is 0 Å². The van der Waals surface area contributed by atoms with Crippen molar-refractivity contribution in [2.75, 3.05) is 39.8 Å². The molecule has 0 amide bonds. The van der Waals surface area contributed by atoms with Crippen LogP contribution in [0.5, 0.6) is 0 Å². The van der Waals surface area contributed by atoms with Gasteiger partial charge < -0.3 is 15.5 Å². The molecule has 136 valence electrons. The van der Waals surface area contributed by atoms with Crippen molar-refractivity contribution < 1.29 is 0 Å². The van der Waals surface area contributed by atoms with E-state index in [1.54, 1.807) is 0 Å². The van der Waals surface area contributed by atoms with Crippen LogP contribution in [-0.2, 0) is 0 Å². The van der Waals surface area contributed by atoms with Crippen molar-refractivity contribution in [2.45, 2.75) is 45.4 Å². The van der Waals surface area contributed by atoms with E-state index in [0.717, 1.165) is 25.0 Å². The van der Waals surface area contributed by atoms with Gasteiger partial charge in [-0.15, -0.1) is 11.3 Å². The first-order valence-electron chi connectivity index (χ1n) is 9.39. The molecule has 0 saturated carbocycles. The Hall–Kier alpha value is -1.07. The Kier molecular flexibility index (Phi) is 8.60. The number of unbranched alkanes of at least 4 members (excludes halogenated alkanes) is 1. The first-order valence-corrected chi connectivity index (χ1v) is 10.3. The van der Waals surface area contributed by atoms with Gasteiger partial charge in [-0.05, 0) is 62.7 Å². The SMILES string of the molecule is CN=C(NCCCCN1CCC(C)CC1)NCC(C)c1cccs1. The van der Waals surface area contributed by atoms with Gasteiger partial charge in [-0.3, -0.25) is 4.99 Å².